The summed E-state index contributed by atoms with van der Waals surface area (Å²) in [4.78, 5) is 14.1. The third-order valence-corrected chi connectivity index (χ3v) is 4.14. The van der Waals surface area contributed by atoms with Crippen molar-refractivity contribution in [3.8, 4) is 0 Å². The van der Waals surface area contributed by atoms with Crippen LogP contribution in [-0.2, 0) is 0 Å². The van der Waals surface area contributed by atoms with Crippen molar-refractivity contribution in [1.82, 2.24) is 4.90 Å². The predicted molar refractivity (Wildman–Crippen MR) is 82.6 cm³/mol. The molecule has 0 aliphatic carbocycles. The van der Waals surface area contributed by atoms with Gasteiger partial charge in [0.15, 0.2) is 0 Å². The van der Waals surface area contributed by atoms with Crippen molar-refractivity contribution in [1.29, 1.82) is 0 Å². The van der Waals surface area contributed by atoms with Crippen molar-refractivity contribution in [2.45, 2.75) is 33.2 Å². The predicted octanol–water partition coefficient (Wildman–Crippen LogP) is 3.22. The average Bonchev–Trinajstić information content (AvgIpc) is 2.89. The van der Waals surface area contributed by atoms with Gasteiger partial charge in [-0.1, -0.05) is 26.0 Å². The molecular weight excluding hydrogens is 250 g/mol. The van der Waals surface area contributed by atoms with E-state index in [0.29, 0.717) is 11.8 Å². The highest BCUT2D eigenvalue weighted by Gasteiger charge is 2.27. The summed E-state index contributed by atoms with van der Waals surface area (Å²) in [6, 6.07) is 7.76. The lowest BCUT2D eigenvalue weighted by Crippen LogP contribution is -2.33. The van der Waals surface area contributed by atoms with Crippen LogP contribution in [-0.4, -0.2) is 24.0 Å². The number of anilines is 1. The molecule has 1 aromatic carbocycles. The fraction of sp³-hybridized carbons (Fsp3) is 0.562. The molecule has 1 aliphatic heterocycles. The van der Waals surface area contributed by atoms with Crippen LogP contribution >= 0.6 is 0 Å². The number of amides is 2. The lowest BCUT2D eigenvalue weighted by molar-refractivity contribution is 0.219. The maximum Gasteiger partial charge on any atom is 0.321 e. The molecule has 4 nitrogen and oxygen atoms in total. The van der Waals surface area contributed by atoms with Crippen molar-refractivity contribution in [3.05, 3.63) is 29.8 Å². The smallest absolute Gasteiger partial charge is 0.321 e. The number of hydrogen-bond acceptors (Lipinski definition) is 2. The molecule has 2 atom stereocenters. The molecule has 0 bridgehead atoms. The summed E-state index contributed by atoms with van der Waals surface area (Å²) in [5, 5.41) is 2.96. The van der Waals surface area contributed by atoms with Gasteiger partial charge in [0.05, 0.1) is 0 Å². The number of nitrogens with one attached hydrogen (secondary N) is 1. The van der Waals surface area contributed by atoms with Crippen LogP contribution in [0.1, 0.15) is 38.8 Å². The van der Waals surface area contributed by atoms with E-state index in [9.17, 15) is 4.79 Å². The SMILES string of the molecule is CC(N)c1ccc(NC(=O)N2CCC(C(C)C)C2)cc1. The van der Waals surface area contributed by atoms with Gasteiger partial charge in [0.1, 0.15) is 0 Å². The first-order chi connectivity index (χ1) is 9.47. The first-order valence-electron chi connectivity index (χ1n) is 7.39. The Labute approximate surface area is 121 Å². The standard InChI is InChI=1S/C16H25N3O/c1-11(2)14-8-9-19(10-14)16(20)18-15-6-4-13(5-7-15)12(3)17/h4-7,11-12,14H,8-10,17H2,1-3H3,(H,18,20). The highest BCUT2D eigenvalue weighted by molar-refractivity contribution is 5.89. The van der Waals surface area contributed by atoms with E-state index in [4.69, 9.17) is 5.73 Å². The molecule has 110 valence electrons. The third kappa shape index (κ3) is 3.51. The van der Waals surface area contributed by atoms with Gasteiger partial charge in [0.25, 0.3) is 0 Å². The van der Waals surface area contributed by atoms with Crippen LogP contribution in [0, 0.1) is 11.8 Å². The van der Waals surface area contributed by atoms with Crippen LogP contribution in [0.25, 0.3) is 0 Å². The van der Waals surface area contributed by atoms with Crippen LogP contribution in [0.3, 0.4) is 0 Å². The van der Waals surface area contributed by atoms with Gasteiger partial charge in [0, 0.05) is 24.8 Å². The second kappa shape index (κ2) is 6.27. The topological polar surface area (TPSA) is 58.4 Å². The van der Waals surface area contributed by atoms with Gasteiger partial charge < -0.3 is 16.0 Å². The number of nitrogens with zero attached hydrogens (tertiary/aromatic N) is 1. The lowest BCUT2D eigenvalue weighted by atomic mass is 9.95. The minimum Gasteiger partial charge on any atom is -0.324 e. The first-order valence-corrected chi connectivity index (χ1v) is 7.39. The fourth-order valence-corrected chi connectivity index (χ4v) is 2.59. The number of urea groups is 1. The van der Waals surface area contributed by atoms with Crippen LogP contribution in [0.5, 0.6) is 0 Å². The zero-order valence-corrected chi connectivity index (χ0v) is 12.6. The van der Waals surface area contributed by atoms with E-state index in [1.165, 1.54) is 0 Å². The molecule has 2 unspecified atom stereocenters. The Morgan fingerprint density at radius 3 is 2.45 bits per heavy atom. The Kier molecular flexibility index (Phi) is 4.65. The number of carbonyl (C=O) groups is 1. The number of rotatable bonds is 3. The van der Waals surface area contributed by atoms with Gasteiger partial charge >= 0.3 is 6.03 Å². The lowest BCUT2D eigenvalue weighted by Gasteiger charge is -2.19. The van der Waals surface area contributed by atoms with Crippen LogP contribution in [0.15, 0.2) is 24.3 Å². The molecule has 2 rings (SSSR count). The summed E-state index contributed by atoms with van der Waals surface area (Å²) in [6.07, 6.45) is 1.11. The number of benzene rings is 1. The second-order valence-corrected chi connectivity index (χ2v) is 6.08. The minimum absolute atomic E-state index is 0.00157. The quantitative estimate of drug-likeness (QED) is 0.890. The summed E-state index contributed by atoms with van der Waals surface area (Å²) in [6.45, 7) is 8.11. The Bertz CT molecular complexity index is 453. The van der Waals surface area contributed by atoms with E-state index >= 15 is 0 Å². The van der Waals surface area contributed by atoms with E-state index < -0.39 is 0 Å². The van der Waals surface area contributed by atoms with Gasteiger partial charge in [-0.15, -0.1) is 0 Å². The Morgan fingerprint density at radius 2 is 1.95 bits per heavy atom. The minimum atomic E-state index is 0.00157. The number of likely N-dealkylation sites (tertiary alicyclic amines) is 1. The molecule has 4 heteroatoms. The molecule has 20 heavy (non-hydrogen) atoms. The molecule has 1 heterocycles. The maximum atomic E-state index is 12.2. The van der Waals surface area contributed by atoms with Gasteiger partial charge in [0.2, 0.25) is 0 Å². The monoisotopic (exact) mass is 275 g/mol. The highest BCUT2D eigenvalue weighted by Crippen LogP contribution is 2.24. The summed E-state index contributed by atoms with van der Waals surface area (Å²) in [7, 11) is 0. The third-order valence-electron chi connectivity index (χ3n) is 4.14. The summed E-state index contributed by atoms with van der Waals surface area (Å²) in [5.41, 5.74) is 7.71. The Hall–Kier alpha value is -1.55. The van der Waals surface area contributed by atoms with Crippen LogP contribution in [0.2, 0.25) is 0 Å². The first kappa shape index (κ1) is 14.9. The molecule has 0 aromatic heterocycles. The number of carbonyl (C=O) groups excluding carboxylic acids is 1. The number of hydrogen-bond donors (Lipinski definition) is 2. The summed E-state index contributed by atoms with van der Waals surface area (Å²) in [5.74, 6) is 1.26. The molecular formula is C16H25N3O. The molecule has 3 N–H and O–H groups in total. The summed E-state index contributed by atoms with van der Waals surface area (Å²) < 4.78 is 0. The molecule has 1 saturated heterocycles. The van der Waals surface area contributed by atoms with Crippen molar-refractivity contribution in [2.24, 2.45) is 17.6 Å². The maximum absolute atomic E-state index is 12.2. The molecule has 0 radical (unpaired) electrons. The fourth-order valence-electron chi connectivity index (χ4n) is 2.59. The van der Waals surface area contributed by atoms with Gasteiger partial charge in [-0.3, -0.25) is 0 Å². The highest BCUT2D eigenvalue weighted by atomic mass is 16.2. The van der Waals surface area contributed by atoms with Crippen molar-refractivity contribution < 1.29 is 4.79 Å². The molecule has 0 spiro atoms. The zero-order valence-electron chi connectivity index (χ0n) is 12.6. The van der Waals surface area contributed by atoms with Crippen molar-refractivity contribution in [3.63, 3.8) is 0 Å². The molecule has 1 aromatic rings. The van der Waals surface area contributed by atoms with Gasteiger partial charge in [-0.05, 0) is 42.9 Å². The Balaban J connectivity index is 1.92. The van der Waals surface area contributed by atoms with E-state index in [0.717, 1.165) is 30.8 Å². The number of nitrogens with two attached hydrogens (primary N) is 1. The average molecular weight is 275 g/mol. The molecule has 1 aliphatic rings. The van der Waals surface area contributed by atoms with Crippen LogP contribution in [0.4, 0.5) is 10.5 Å². The Morgan fingerprint density at radius 1 is 1.30 bits per heavy atom. The second-order valence-electron chi connectivity index (χ2n) is 6.08. The van der Waals surface area contributed by atoms with Crippen molar-refractivity contribution >= 4 is 11.7 Å². The largest absolute Gasteiger partial charge is 0.324 e. The van der Waals surface area contributed by atoms with E-state index in [-0.39, 0.29) is 12.1 Å². The van der Waals surface area contributed by atoms with E-state index in [1.807, 2.05) is 36.1 Å². The van der Waals surface area contributed by atoms with Crippen molar-refractivity contribution in [2.75, 3.05) is 18.4 Å². The van der Waals surface area contributed by atoms with Gasteiger partial charge in [-0.2, -0.15) is 0 Å². The zero-order chi connectivity index (χ0) is 14.7. The molecule has 0 saturated carbocycles. The van der Waals surface area contributed by atoms with E-state index in [1.54, 1.807) is 0 Å². The molecule has 1 fully saturated rings. The van der Waals surface area contributed by atoms with Gasteiger partial charge in [-0.25, -0.2) is 4.79 Å². The normalized spacial score (nSPS) is 20.2. The molecule has 2 amide bonds. The van der Waals surface area contributed by atoms with E-state index in [2.05, 4.69) is 19.2 Å². The summed E-state index contributed by atoms with van der Waals surface area (Å²) >= 11 is 0. The van der Waals surface area contributed by atoms with Crippen LogP contribution < -0.4 is 11.1 Å².